The van der Waals surface area contributed by atoms with Crippen molar-refractivity contribution in [3.8, 4) is 28.7 Å². The van der Waals surface area contributed by atoms with Crippen LogP contribution >= 0.6 is 0 Å². The molecule has 4 unspecified atom stereocenters. The van der Waals surface area contributed by atoms with Crippen LogP contribution < -0.4 is 14.2 Å². The topological polar surface area (TPSA) is 127 Å². The largest absolute Gasteiger partial charge is 0.508 e. The lowest BCUT2D eigenvalue weighted by Crippen LogP contribution is -2.39. The Morgan fingerprint density at radius 1 is 1.00 bits per heavy atom. The van der Waals surface area contributed by atoms with Crippen molar-refractivity contribution in [2.75, 3.05) is 0 Å². The highest BCUT2D eigenvalue weighted by Crippen LogP contribution is 2.44. The van der Waals surface area contributed by atoms with Gasteiger partial charge in [-0.3, -0.25) is 9.79 Å². The first-order valence-corrected chi connectivity index (χ1v) is 12.7. The number of aliphatic hydroxyl groups is 1. The maximum Gasteiger partial charge on any atom is 0.202 e. The molecule has 0 fully saturated rings. The summed E-state index contributed by atoms with van der Waals surface area (Å²) in [4.78, 5) is 17.0. The number of aliphatic imine (C=N–C) groups is 1. The highest BCUT2D eigenvalue weighted by molar-refractivity contribution is 6.05. The monoisotopic (exact) mass is 543 g/mol. The molecule has 3 N–H and O–H groups in total. The van der Waals surface area contributed by atoms with E-state index < -0.39 is 35.9 Å². The summed E-state index contributed by atoms with van der Waals surface area (Å²) in [5, 5.41) is 30.7. The molecule has 3 aromatic carbocycles. The fourth-order valence-corrected chi connectivity index (χ4v) is 4.61. The number of hydrogen-bond acceptors (Lipinski definition) is 9. The number of phenols is 2. The Morgan fingerprint density at radius 2 is 1.77 bits per heavy atom. The average molecular weight is 544 g/mol. The molecule has 0 radical (unpaired) electrons. The van der Waals surface area contributed by atoms with E-state index >= 15 is 0 Å². The SMILES string of the molecule is C=N/C(=C\C=C(/C)OCc1ccccc1)C1Oc2cc(C3Oc4cc(O)cc(O)c4C(=O)C3O)ccc2OC1C. The summed E-state index contributed by atoms with van der Waals surface area (Å²) in [6.07, 6.45) is -0.149. The maximum absolute atomic E-state index is 12.8. The minimum absolute atomic E-state index is 0.0306. The number of hydrogen-bond donors (Lipinski definition) is 3. The summed E-state index contributed by atoms with van der Waals surface area (Å²) in [6.45, 7) is 7.82. The lowest BCUT2D eigenvalue weighted by atomic mass is 9.92. The quantitative estimate of drug-likeness (QED) is 0.216. The van der Waals surface area contributed by atoms with Gasteiger partial charge in [-0.25, -0.2) is 0 Å². The summed E-state index contributed by atoms with van der Waals surface area (Å²) in [5.41, 5.74) is 1.83. The number of Topliss-reactive ketones (excluding diaryl/α,β-unsaturated/α-hetero) is 1. The Hall–Kier alpha value is -4.76. The second-order valence-electron chi connectivity index (χ2n) is 9.55. The van der Waals surface area contributed by atoms with Gasteiger partial charge in [0.25, 0.3) is 0 Å². The Labute approximate surface area is 231 Å². The third-order valence-electron chi connectivity index (χ3n) is 6.68. The summed E-state index contributed by atoms with van der Waals surface area (Å²) in [7, 11) is 0. The highest BCUT2D eigenvalue weighted by Gasteiger charge is 2.40. The van der Waals surface area contributed by atoms with E-state index in [1.165, 1.54) is 6.07 Å². The Balaban J connectivity index is 1.36. The number of aromatic hydroxyl groups is 2. The highest BCUT2D eigenvalue weighted by atomic mass is 16.6. The molecule has 0 aromatic heterocycles. The molecular weight excluding hydrogens is 514 g/mol. The zero-order valence-electron chi connectivity index (χ0n) is 22.0. The van der Waals surface area contributed by atoms with Crippen LogP contribution in [0.15, 0.2) is 89.3 Å². The number of ether oxygens (including phenoxy) is 4. The fourth-order valence-electron chi connectivity index (χ4n) is 4.61. The van der Waals surface area contributed by atoms with Crippen LogP contribution in [0.2, 0.25) is 0 Å². The first-order chi connectivity index (χ1) is 19.2. The first-order valence-electron chi connectivity index (χ1n) is 12.7. The molecule has 2 aliphatic heterocycles. The molecule has 206 valence electrons. The molecule has 2 aliphatic rings. The molecule has 0 bridgehead atoms. The van der Waals surface area contributed by atoms with Crippen LogP contribution in [0.3, 0.4) is 0 Å². The minimum Gasteiger partial charge on any atom is -0.508 e. The molecular formula is C31H29NO8. The zero-order valence-corrected chi connectivity index (χ0v) is 22.0. The van der Waals surface area contributed by atoms with Gasteiger partial charge in [0, 0.05) is 12.1 Å². The second kappa shape index (κ2) is 11.2. The number of phenolic OH excluding ortho intramolecular Hbond substituents is 2. The van der Waals surface area contributed by atoms with Gasteiger partial charge in [-0.15, -0.1) is 0 Å². The Kier molecular flexibility index (Phi) is 7.48. The minimum atomic E-state index is -1.59. The Bertz CT molecular complexity index is 1500. The van der Waals surface area contributed by atoms with E-state index in [4.69, 9.17) is 18.9 Å². The van der Waals surface area contributed by atoms with E-state index in [-0.39, 0.29) is 17.1 Å². The second-order valence-corrected chi connectivity index (χ2v) is 9.55. The van der Waals surface area contributed by atoms with Crippen LogP contribution in [0.25, 0.3) is 0 Å². The van der Waals surface area contributed by atoms with Gasteiger partial charge in [0.2, 0.25) is 5.78 Å². The summed E-state index contributed by atoms with van der Waals surface area (Å²) in [6, 6.07) is 17.0. The van der Waals surface area contributed by atoms with Crippen molar-refractivity contribution >= 4 is 12.5 Å². The van der Waals surface area contributed by atoms with Gasteiger partial charge in [0.15, 0.2) is 29.8 Å². The maximum atomic E-state index is 12.8. The van der Waals surface area contributed by atoms with Crippen LogP contribution in [0.1, 0.15) is 41.4 Å². The molecule has 5 rings (SSSR count). The molecule has 0 saturated heterocycles. The van der Waals surface area contributed by atoms with Gasteiger partial charge < -0.3 is 34.3 Å². The molecule has 0 spiro atoms. The standard InChI is InChI=1S/C31H29NO8/c1-17(37-16-19-7-5-4-6-8-19)9-11-22(32-3)30-18(2)38-24-12-10-20(13-25(24)39-30)31-29(36)28(35)27-23(34)14-21(33)15-26(27)40-31/h4-15,18,29-31,33-34,36H,3,16H2,1-2H3/b17-9+,22-11-. The fraction of sp³-hybridized carbons (Fsp3) is 0.226. The van der Waals surface area contributed by atoms with Crippen molar-refractivity contribution in [2.45, 2.75) is 44.9 Å². The van der Waals surface area contributed by atoms with E-state index in [2.05, 4.69) is 11.7 Å². The third kappa shape index (κ3) is 5.37. The van der Waals surface area contributed by atoms with Gasteiger partial charge in [-0.05, 0) is 56.0 Å². The molecule has 3 aromatic rings. The van der Waals surface area contributed by atoms with Crippen molar-refractivity contribution in [1.82, 2.24) is 0 Å². The van der Waals surface area contributed by atoms with Gasteiger partial charge in [-0.1, -0.05) is 36.4 Å². The molecule has 40 heavy (non-hydrogen) atoms. The summed E-state index contributed by atoms with van der Waals surface area (Å²) >= 11 is 0. The molecule has 9 nitrogen and oxygen atoms in total. The number of aliphatic hydroxyl groups excluding tert-OH is 1. The first kappa shape index (κ1) is 26.8. The normalized spacial score (nSPS) is 22.2. The molecule has 4 atom stereocenters. The number of nitrogens with zero attached hydrogens (tertiary/aromatic N) is 1. The van der Waals surface area contributed by atoms with Crippen LogP contribution in [-0.2, 0) is 11.3 Å². The number of benzene rings is 3. The van der Waals surface area contributed by atoms with E-state index in [9.17, 15) is 20.1 Å². The van der Waals surface area contributed by atoms with Crippen molar-refractivity contribution in [3.05, 3.63) is 101 Å². The number of fused-ring (bicyclic) bond motifs is 2. The van der Waals surface area contributed by atoms with Gasteiger partial charge in [-0.2, -0.15) is 0 Å². The van der Waals surface area contributed by atoms with Crippen LogP contribution in [0, 0.1) is 0 Å². The van der Waals surface area contributed by atoms with Crippen molar-refractivity contribution in [1.29, 1.82) is 0 Å². The zero-order chi connectivity index (χ0) is 28.4. The molecule has 0 amide bonds. The van der Waals surface area contributed by atoms with Crippen molar-refractivity contribution < 1.29 is 39.1 Å². The molecule has 0 aliphatic carbocycles. The van der Waals surface area contributed by atoms with Crippen molar-refractivity contribution in [3.63, 3.8) is 0 Å². The summed E-state index contributed by atoms with van der Waals surface area (Å²) in [5.74, 6) is 0.0269. The van der Waals surface area contributed by atoms with Crippen LogP contribution in [-0.4, -0.2) is 46.1 Å². The number of allylic oxidation sites excluding steroid dienone is 3. The van der Waals surface area contributed by atoms with E-state index in [0.29, 0.717) is 35.1 Å². The van der Waals surface area contributed by atoms with E-state index in [1.807, 2.05) is 44.2 Å². The lowest BCUT2D eigenvalue weighted by Gasteiger charge is -2.34. The number of rotatable bonds is 7. The summed E-state index contributed by atoms with van der Waals surface area (Å²) < 4.78 is 24.0. The predicted molar refractivity (Wildman–Crippen MR) is 147 cm³/mol. The number of carbonyl (C=O) groups excluding carboxylic acids is 1. The van der Waals surface area contributed by atoms with Gasteiger partial charge in [0.1, 0.15) is 35.5 Å². The molecule has 0 saturated carbocycles. The van der Waals surface area contributed by atoms with Crippen molar-refractivity contribution in [2.24, 2.45) is 4.99 Å². The average Bonchev–Trinajstić information content (AvgIpc) is 2.94. The van der Waals surface area contributed by atoms with E-state index in [1.54, 1.807) is 30.4 Å². The van der Waals surface area contributed by atoms with Gasteiger partial charge >= 0.3 is 0 Å². The third-order valence-corrected chi connectivity index (χ3v) is 6.68. The molecule has 9 heteroatoms. The smallest absolute Gasteiger partial charge is 0.202 e. The van der Waals surface area contributed by atoms with Gasteiger partial charge in [0.05, 0.1) is 11.5 Å². The predicted octanol–water partition coefficient (Wildman–Crippen LogP) is 5.01. The molecule has 2 heterocycles. The van der Waals surface area contributed by atoms with E-state index in [0.717, 1.165) is 11.6 Å². The Morgan fingerprint density at radius 3 is 2.52 bits per heavy atom. The number of carbonyl (C=O) groups is 1. The van der Waals surface area contributed by atoms with Crippen LogP contribution in [0.4, 0.5) is 0 Å². The number of ketones is 1. The lowest BCUT2D eigenvalue weighted by molar-refractivity contribution is 0.0203. The van der Waals surface area contributed by atoms with Crippen LogP contribution in [0.5, 0.6) is 28.7 Å².